The zero-order chi connectivity index (χ0) is 32.8. The molecule has 9 heteroatoms. The molecule has 6 aromatic rings. The first-order chi connectivity index (χ1) is 22.7. The van der Waals surface area contributed by atoms with E-state index in [1.54, 1.807) is 24.5 Å². The van der Waals surface area contributed by atoms with Gasteiger partial charge in [-0.15, -0.1) is 0 Å². The Kier molecular flexibility index (Phi) is 9.37. The number of amides is 1. The van der Waals surface area contributed by atoms with Gasteiger partial charge in [0.2, 0.25) is 5.91 Å². The van der Waals surface area contributed by atoms with E-state index in [-0.39, 0.29) is 24.5 Å². The SMILES string of the molecule is O=C(CCCS(=O)(=O)O)c1ccc(CC(C(=O)Nc2ccc(-c3cc4ccccc4o3)cc2)c2ccc(-c3cccnc3)cc2)cc1. The van der Waals surface area contributed by atoms with Crippen molar-refractivity contribution >= 4 is 38.5 Å². The summed E-state index contributed by atoms with van der Waals surface area (Å²) in [6.07, 6.45) is 3.94. The summed E-state index contributed by atoms with van der Waals surface area (Å²) in [6, 6.07) is 36.0. The average Bonchev–Trinajstić information content (AvgIpc) is 3.52. The molecule has 0 aliphatic heterocycles. The van der Waals surface area contributed by atoms with E-state index in [0.717, 1.165) is 44.5 Å². The van der Waals surface area contributed by atoms with Gasteiger partial charge in [-0.1, -0.05) is 72.8 Å². The lowest BCUT2D eigenvalue weighted by Crippen LogP contribution is -2.23. The fraction of sp³-hybridized carbons (Fsp3) is 0.132. The van der Waals surface area contributed by atoms with Gasteiger partial charge in [-0.2, -0.15) is 8.42 Å². The smallest absolute Gasteiger partial charge is 0.264 e. The van der Waals surface area contributed by atoms with Crippen LogP contribution in [0.15, 0.2) is 132 Å². The summed E-state index contributed by atoms with van der Waals surface area (Å²) in [5, 5.41) is 4.09. The standard InChI is InChI=1S/C38H32N2O6S/c41-35(7-4-22-47(43,44)45)29-11-9-26(10-12-29)23-34(28-15-13-27(14-16-28)32-6-3-21-39-25-32)38(42)40-33-19-17-30(18-20-33)37-24-31-5-1-2-8-36(31)46-37/h1-3,5-6,8-21,24-25,34H,4,7,22-23H2,(H,40,42)(H,43,44,45). The molecular formula is C38H32N2O6S. The molecule has 0 bridgehead atoms. The van der Waals surface area contributed by atoms with Crippen LogP contribution in [0.3, 0.4) is 0 Å². The number of hydrogen-bond donors (Lipinski definition) is 2. The van der Waals surface area contributed by atoms with Gasteiger partial charge in [0, 0.05) is 41.0 Å². The van der Waals surface area contributed by atoms with Crippen LogP contribution >= 0.6 is 0 Å². The number of pyridine rings is 1. The minimum absolute atomic E-state index is 0.00256. The molecule has 2 N–H and O–H groups in total. The van der Waals surface area contributed by atoms with Crippen molar-refractivity contribution in [1.29, 1.82) is 0 Å². The monoisotopic (exact) mass is 644 g/mol. The highest BCUT2D eigenvalue weighted by Crippen LogP contribution is 2.30. The van der Waals surface area contributed by atoms with E-state index in [1.807, 2.05) is 103 Å². The van der Waals surface area contributed by atoms with E-state index < -0.39 is 21.8 Å². The van der Waals surface area contributed by atoms with Crippen LogP contribution in [0.25, 0.3) is 33.4 Å². The van der Waals surface area contributed by atoms with Gasteiger partial charge in [-0.25, -0.2) is 0 Å². The van der Waals surface area contributed by atoms with Crippen molar-refractivity contribution < 1.29 is 27.0 Å². The molecule has 2 aromatic heterocycles. The Morgan fingerprint density at radius 2 is 1.53 bits per heavy atom. The maximum Gasteiger partial charge on any atom is 0.264 e. The fourth-order valence-electron chi connectivity index (χ4n) is 5.50. The number of para-hydroxylation sites is 1. The molecule has 0 fully saturated rings. The van der Waals surface area contributed by atoms with E-state index in [0.29, 0.717) is 17.7 Å². The molecule has 4 aromatic carbocycles. The van der Waals surface area contributed by atoms with Crippen molar-refractivity contribution in [3.8, 4) is 22.5 Å². The molecule has 0 aliphatic rings. The number of anilines is 1. The maximum absolute atomic E-state index is 13.9. The molecule has 2 heterocycles. The summed E-state index contributed by atoms with van der Waals surface area (Å²) in [5.74, 6) is -0.650. The highest BCUT2D eigenvalue weighted by atomic mass is 32.2. The Balaban J connectivity index is 1.20. The normalized spacial score (nSPS) is 12.1. The number of furan rings is 1. The first-order valence-corrected chi connectivity index (χ1v) is 16.8. The number of fused-ring (bicyclic) bond motifs is 1. The maximum atomic E-state index is 13.9. The van der Waals surface area contributed by atoms with Gasteiger partial charge in [0.15, 0.2) is 5.78 Å². The molecule has 1 atom stereocenters. The topological polar surface area (TPSA) is 127 Å². The van der Waals surface area contributed by atoms with Crippen molar-refractivity contribution in [2.24, 2.45) is 0 Å². The summed E-state index contributed by atoms with van der Waals surface area (Å²) in [5.41, 5.74) is 6.45. The number of benzene rings is 4. The van der Waals surface area contributed by atoms with Crippen molar-refractivity contribution in [2.75, 3.05) is 11.1 Å². The summed E-state index contributed by atoms with van der Waals surface area (Å²) in [4.78, 5) is 30.6. The molecule has 0 saturated carbocycles. The van der Waals surface area contributed by atoms with Gasteiger partial charge >= 0.3 is 0 Å². The minimum atomic E-state index is -4.12. The highest BCUT2D eigenvalue weighted by Gasteiger charge is 2.22. The predicted octanol–water partition coefficient (Wildman–Crippen LogP) is 7.98. The minimum Gasteiger partial charge on any atom is -0.456 e. The molecule has 0 saturated heterocycles. The number of hydrogen-bond acceptors (Lipinski definition) is 6. The Hall–Kier alpha value is -5.38. The third kappa shape index (κ3) is 8.07. The molecule has 0 aliphatic carbocycles. The third-order valence-electron chi connectivity index (χ3n) is 8.01. The highest BCUT2D eigenvalue weighted by molar-refractivity contribution is 7.85. The second-order valence-corrected chi connectivity index (χ2v) is 12.9. The average molecular weight is 645 g/mol. The Morgan fingerprint density at radius 3 is 2.21 bits per heavy atom. The predicted molar refractivity (Wildman–Crippen MR) is 183 cm³/mol. The molecule has 0 spiro atoms. The summed E-state index contributed by atoms with van der Waals surface area (Å²) >= 11 is 0. The van der Waals surface area contributed by atoms with Crippen LogP contribution in [-0.4, -0.2) is 35.4 Å². The van der Waals surface area contributed by atoms with Gasteiger partial charge in [-0.3, -0.25) is 19.1 Å². The van der Waals surface area contributed by atoms with Crippen LogP contribution in [-0.2, 0) is 21.3 Å². The van der Waals surface area contributed by atoms with Crippen LogP contribution in [0.1, 0.15) is 40.2 Å². The van der Waals surface area contributed by atoms with Crippen LogP contribution in [0.4, 0.5) is 5.69 Å². The first-order valence-electron chi connectivity index (χ1n) is 15.2. The van der Waals surface area contributed by atoms with E-state index in [9.17, 15) is 18.0 Å². The van der Waals surface area contributed by atoms with Gasteiger partial charge in [0.1, 0.15) is 11.3 Å². The molecule has 236 valence electrons. The van der Waals surface area contributed by atoms with Crippen LogP contribution in [0, 0.1) is 0 Å². The largest absolute Gasteiger partial charge is 0.456 e. The molecule has 1 unspecified atom stereocenters. The zero-order valence-electron chi connectivity index (χ0n) is 25.4. The second kappa shape index (κ2) is 13.9. The third-order valence-corrected chi connectivity index (χ3v) is 8.81. The lowest BCUT2D eigenvalue weighted by atomic mass is 9.89. The van der Waals surface area contributed by atoms with E-state index in [2.05, 4.69) is 10.3 Å². The van der Waals surface area contributed by atoms with Gasteiger partial charge in [0.05, 0.1) is 11.7 Å². The Morgan fingerprint density at radius 1 is 0.809 bits per heavy atom. The van der Waals surface area contributed by atoms with Gasteiger partial charge in [-0.05, 0) is 77.6 Å². The number of rotatable bonds is 12. The van der Waals surface area contributed by atoms with Crippen molar-refractivity contribution in [2.45, 2.75) is 25.2 Å². The van der Waals surface area contributed by atoms with E-state index in [1.165, 1.54) is 0 Å². The van der Waals surface area contributed by atoms with Gasteiger partial charge < -0.3 is 9.73 Å². The molecule has 8 nitrogen and oxygen atoms in total. The van der Waals surface area contributed by atoms with Crippen LogP contribution < -0.4 is 5.32 Å². The molecule has 47 heavy (non-hydrogen) atoms. The number of nitrogens with one attached hydrogen (secondary N) is 1. The first kappa shape index (κ1) is 31.6. The Bertz CT molecular complexity index is 2070. The number of carbonyl (C=O) groups is 2. The summed E-state index contributed by atoms with van der Waals surface area (Å²) < 4.78 is 36.9. The molecule has 6 rings (SSSR count). The second-order valence-electron chi connectivity index (χ2n) is 11.3. The number of carbonyl (C=O) groups excluding carboxylic acids is 2. The quantitative estimate of drug-likeness (QED) is 0.102. The fourth-order valence-corrected chi connectivity index (χ4v) is 6.01. The van der Waals surface area contributed by atoms with Crippen molar-refractivity contribution in [3.63, 3.8) is 0 Å². The van der Waals surface area contributed by atoms with Crippen LogP contribution in [0.5, 0.6) is 0 Å². The summed E-state index contributed by atoms with van der Waals surface area (Å²) in [7, 11) is -4.12. The van der Waals surface area contributed by atoms with E-state index in [4.69, 9.17) is 8.97 Å². The number of aromatic nitrogens is 1. The number of nitrogens with zero attached hydrogens (tertiary/aromatic N) is 1. The number of Topliss-reactive ketones (excluding diaryl/α,β-unsaturated/α-hetero) is 1. The number of ketones is 1. The Labute approximate surface area is 272 Å². The van der Waals surface area contributed by atoms with Crippen LogP contribution in [0.2, 0.25) is 0 Å². The zero-order valence-corrected chi connectivity index (χ0v) is 26.2. The lowest BCUT2D eigenvalue weighted by molar-refractivity contribution is -0.117. The molecule has 1 amide bonds. The molecule has 0 radical (unpaired) electrons. The van der Waals surface area contributed by atoms with Gasteiger partial charge in [0.25, 0.3) is 10.1 Å². The molecular weight excluding hydrogens is 612 g/mol. The lowest BCUT2D eigenvalue weighted by Gasteiger charge is -2.18. The van der Waals surface area contributed by atoms with Crippen molar-refractivity contribution in [1.82, 2.24) is 4.98 Å². The van der Waals surface area contributed by atoms with E-state index >= 15 is 0 Å². The van der Waals surface area contributed by atoms with Crippen molar-refractivity contribution in [3.05, 3.63) is 144 Å². The summed E-state index contributed by atoms with van der Waals surface area (Å²) in [6.45, 7) is 0.